The van der Waals surface area contributed by atoms with Gasteiger partial charge in [-0.25, -0.2) is 0 Å². The number of hydrogen-bond acceptors (Lipinski definition) is 3. The molecule has 2 fully saturated rings. The number of rotatable bonds is 4. The van der Waals surface area contributed by atoms with Crippen molar-refractivity contribution in [2.75, 3.05) is 5.32 Å². The predicted molar refractivity (Wildman–Crippen MR) is 77.2 cm³/mol. The first-order valence-corrected chi connectivity index (χ1v) is 7.36. The van der Waals surface area contributed by atoms with E-state index in [1.54, 1.807) is 0 Å². The van der Waals surface area contributed by atoms with Crippen molar-refractivity contribution < 1.29 is 14.4 Å². The molecule has 0 bridgehead atoms. The molecule has 0 atom stereocenters. The van der Waals surface area contributed by atoms with E-state index in [-0.39, 0.29) is 23.6 Å². The Morgan fingerprint density at radius 2 is 1.71 bits per heavy atom. The first-order chi connectivity index (χ1) is 10.1. The highest BCUT2D eigenvalue weighted by molar-refractivity contribution is 6.01. The number of imide groups is 1. The van der Waals surface area contributed by atoms with Gasteiger partial charge in [0.1, 0.15) is 0 Å². The van der Waals surface area contributed by atoms with Crippen LogP contribution in [0.1, 0.15) is 37.7 Å². The van der Waals surface area contributed by atoms with Gasteiger partial charge in [-0.1, -0.05) is 18.6 Å². The van der Waals surface area contributed by atoms with Crippen LogP contribution in [0.5, 0.6) is 0 Å². The van der Waals surface area contributed by atoms with Crippen molar-refractivity contribution in [3.8, 4) is 0 Å². The third kappa shape index (κ3) is 2.96. The van der Waals surface area contributed by atoms with Crippen LogP contribution in [-0.2, 0) is 20.9 Å². The number of carbonyl (C=O) groups is 3. The molecule has 1 aromatic carbocycles. The maximum atomic E-state index is 11.8. The lowest BCUT2D eigenvalue weighted by Gasteiger charge is -2.24. The van der Waals surface area contributed by atoms with Crippen LogP contribution in [-0.4, -0.2) is 22.6 Å². The first kappa shape index (κ1) is 13.8. The summed E-state index contributed by atoms with van der Waals surface area (Å²) < 4.78 is 0. The van der Waals surface area contributed by atoms with Crippen molar-refractivity contribution >= 4 is 23.4 Å². The summed E-state index contributed by atoms with van der Waals surface area (Å²) in [7, 11) is 0. The van der Waals surface area contributed by atoms with Gasteiger partial charge in [-0.15, -0.1) is 0 Å². The van der Waals surface area contributed by atoms with E-state index >= 15 is 0 Å². The predicted octanol–water partition coefficient (Wildman–Crippen LogP) is 2.07. The quantitative estimate of drug-likeness (QED) is 0.862. The fraction of sp³-hybridized carbons (Fsp3) is 0.438. The molecule has 0 aromatic heterocycles. The summed E-state index contributed by atoms with van der Waals surface area (Å²) in [5.41, 5.74) is 1.65. The van der Waals surface area contributed by atoms with Gasteiger partial charge in [0.15, 0.2) is 0 Å². The first-order valence-electron chi connectivity index (χ1n) is 7.36. The summed E-state index contributed by atoms with van der Waals surface area (Å²) in [6, 6.07) is 7.32. The van der Waals surface area contributed by atoms with Crippen LogP contribution in [0.15, 0.2) is 24.3 Å². The largest absolute Gasteiger partial charge is 0.326 e. The van der Waals surface area contributed by atoms with E-state index in [9.17, 15) is 14.4 Å². The summed E-state index contributed by atoms with van der Waals surface area (Å²) in [4.78, 5) is 36.3. The molecule has 1 aliphatic carbocycles. The van der Waals surface area contributed by atoms with Gasteiger partial charge in [0.2, 0.25) is 17.7 Å². The maximum absolute atomic E-state index is 11.8. The van der Waals surface area contributed by atoms with Crippen LogP contribution in [0.25, 0.3) is 0 Å². The Kier molecular flexibility index (Phi) is 3.73. The molecule has 0 spiro atoms. The summed E-state index contributed by atoms with van der Waals surface area (Å²) in [6.07, 6.45) is 3.71. The number of likely N-dealkylation sites (tertiary alicyclic amines) is 1. The molecule has 3 rings (SSSR count). The summed E-state index contributed by atoms with van der Waals surface area (Å²) in [5.74, 6) is 0.0214. The number of anilines is 1. The Bertz CT molecular complexity index is 560. The number of nitrogens with one attached hydrogen (secondary N) is 1. The number of benzene rings is 1. The molecular weight excluding hydrogens is 268 g/mol. The molecule has 1 saturated heterocycles. The Morgan fingerprint density at radius 3 is 2.24 bits per heavy atom. The Balaban J connectivity index is 1.60. The lowest BCUT2D eigenvalue weighted by Crippen LogP contribution is -2.28. The lowest BCUT2D eigenvalue weighted by atomic mass is 9.85. The van der Waals surface area contributed by atoms with Gasteiger partial charge in [-0.3, -0.25) is 19.3 Å². The second kappa shape index (κ2) is 5.68. The van der Waals surface area contributed by atoms with Crippen molar-refractivity contribution in [2.45, 2.75) is 38.6 Å². The van der Waals surface area contributed by atoms with Gasteiger partial charge in [-0.2, -0.15) is 0 Å². The van der Waals surface area contributed by atoms with Crippen molar-refractivity contribution in [1.29, 1.82) is 0 Å². The number of carbonyl (C=O) groups excluding carboxylic acids is 3. The van der Waals surface area contributed by atoms with E-state index in [0.29, 0.717) is 19.4 Å². The van der Waals surface area contributed by atoms with Gasteiger partial charge in [-0.05, 0) is 30.5 Å². The van der Waals surface area contributed by atoms with Gasteiger partial charge in [0.25, 0.3) is 0 Å². The van der Waals surface area contributed by atoms with Gasteiger partial charge >= 0.3 is 0 Å². The van der Waals surface area contributed by atoms with Gasteiger partial charge < -0.3 is 5.32 Å². The summed E-state index contributed by atoms with van der Waals surface area (Å²) in [6.45, 7) is 0.314. The van der Waals surface area contributed by atoms with Gasteiger partial charge in [0, 0.05) is 24.4 Å². The van der Waals surface area contributed by atoms with E-state index in [1.807, 2.05) is 24.3 Å². The molecule has 1 aromatic rings. The van der Waals surface area contributed by atoms with Crippen LogP contribution in [0.4, 0.5) is 5.69 Å². The fourth-order valence-electron chi connectivity index (χ4n) is 2.59. The Labute approximate surface area is 123 Å². The third-order valence-electron chi connectivity index (χ3n) is 4.19. The second-order valence-corrected chi connectivity index (χ2v) is 5.69. The highest BCUT2D eigenvalue weighted by atomic mass is 16.2. The highest BCUT2D eigenvalue weighted by Crippen LogP contribution is 2.27. The molecule has 5 heteroatoms. The van der Waals surface area contributed by atoms with Crippen LogP contribution in [0.2, 0.25) is 0 Å². The molecule has 1 aliphatic heterocycles. The van der Waals surface area contributed by atoms with Crippen molar-refractivity contribution in [1.82, 2.24) is 4.90 Å². The summed E-state index contributed by atoms with van der Waals surface area (Å²) >= 11 is 0. The van der Waals surface area contributed by atoms with E-state index in [2.05, 4.69) is 5.32 Å². The molecule has 1 saturated carbocycles. The molecule has 21 heavy (non-hydrogen) atoms. The van der Waals surface area contributed by atoms with E-state index in [0.717, 1.165) is 30.5 Å². The minimum atomic E-state index is -0.109. The molecule has 0 radical (unpaired) electrons. The number of hydrogen-bond donors (Lipinski definition) is 1. The average Bonchev–Trinajstić information content (AvgIpc) is 2.71. The zero-order chi connectivity index (χ0) is 14.8. The SMILES string of the molecule is O=C(Nc1ccc(CN2C(=O)CCC2=O)cc1)C1CCC1. The van der Waals surface area contributed by atoms with Crippen molar-refractivity contribution in [3.63, 3.8) is 0 Å². The molecule has 0 unspecified atom stereocenters. The van der Waals surface area contributed by atoms with Gasteiger partial charge in [0.05, 0.1) is 6.54 Å². The van der Waals surface area contributed by atoms with E-state index in [4.69, 9.17) is 0 Å². The molecule has 1 heterocycles. The Morgan fingerprint density at radius 1 is 1.10 bits per heavy atom. The molecular formula is C16H18N2O3. The number of amides is 3. The Hall–Kier alpha value is -2.17. The average molecular weight is 286 g/mol. The van der Waals surface area contributed by atoms with Crippen LogP contribution >= 0.6 is 0 Å². The zero-order valence-electron chi connectivity index (χ0n) is 11.8. The van der Waals surface area contributed by atoms with Crippen LogP contribution in [0, 0.1) is 5.92 Å². The molecule has 5 nitrogen and oxygen atoms in total. The smallest absolute Gasteiger partial charge is 0.229 e. The molecule has 2 aliphatic rings. The minimum Gasteiger partial charge on any atom is -0.326 e. The highest BCUT2D eigenvalue weighted by Gasteiger charge is 2.28. The topological polar surface area (TPSA) is 66.5 Å². The van der Waals surface area contributed by atoms with Crippen LogP contribution < -0.4 is 5.32 Å². The second-order valence-electron chi connectivity index (χ2n) is 5.69. The van der Waals surface area contributed by atoms with Crippen molar-refractivity contribution in [3.05, 3.63) is 29.8 Å². The lowest BCUT2D eigenvalue weighted by molar-refractivity contribution is -0.139. The standard InChI is InChI=1S/C16H18N2O3/c19-14-8-9-15(20)18(14)10-11-4-6-13(7-5-11)17-16(21)12-2-1-3-12/h4-7,12H,1-3,8-10H2,(H,17,21). The monoisotopic (exact) mass is 286 g/mol. The van der Waals surface area contributed by atoms with E-state index in [1.165, 1.54) is 4.90 Å². The molecule has 110 valence electrons. The summed E-state index contributed by atoms with van der Waals surface area (Å²) in [5, 5.41) is 2.90. The maximum Gasteiger partial charge on any atom is 0.229 e. The fourth-order valence-corrected chi connectivity index (χ4v) is 2.59. The third-order valence-corrected chi connectivity index (χ3v) is 4.19. The number of nitrogens with zero attached hydrogens (tertiary/aromatic N) is 1. The normalized spacial score (nSPS) is 18.8. The van der Waals surface area contributed by atoms with E-state index < -0.39 is 0 Å². The zero-order valence-corrected chi connectivity index (χ0v) is 11.8. The minimum absolute atomic E-state index is 0.0823. The molecule has 1 N–H and O–H groups in total. The van der Waals surface area contributed by atoms with Crippen molar-refractivity contribution in [2.24, 2.45) is 5.92 Å². The molecule has 3 amide bonds. The van der Waals surface area contributed by atoms with Crippen LogP contribution in [0.3, 0.4) is 0 Å².